The minimum absolute atomic E-state index is 0.938. The first-order valence-electron chi connectivity index (χ1n) is 5.64. The van der Waals surface area contributed by atoms with Gasteiger partial charge in [0.1, 0.15) is 0 Å². The van der Waals surface area contributed by atoms with Gasteiger partial charge in [-0.05, 0) is 47.9 Å². The zero-order valence-corrected chi connectivity index (χ0v) is 9.38. The highest BCUT2D eigenvalue weighted by molar-refractivity contribution is 5.78. The van der Waals surface area contributed by atoms with Crippen LogP contribution in [-0.2, 0) is 6.42 Å². The zero-order chi connectivity index (χ0) is 11.5. The summed E-state index contributed by atoms with van der Waals surface area (Å²) in [6.45, 7) is 0. The summed E-state index contributed by atoms with van der Waals surface area (Å²) in [6, 6.07) is 14.6. The smallest absolute Gasteiger partial charge is 0.0702 e. The first kappa shape index (κ1) is 9.97. The molecule has 2 nitrogen and oxygen atoms in total. The summed E-state index contributed by atoms with van der Waals surface area (Å²) >= 11 is 0. The van der Waals surface area contributed by atoms with Gasteiger partial charge in [-0.3, -0.25) is 9.97 Å². The van der Waals surface area contributed by atoms with E-state index in [0.29, 0.717) is 0 Å². The van der Waals surface area contributed by atoms with Crippen LogP contribution in [0.15, 0.2) is 61.1 Å². The van der Waals surface area contributed by atoms with Crippen LogP contribution < -0.4 is 0 Å². The van der Waals surface area contributed by atoms with Crippen LogP contribution >= 0.6 is 0 Å². The number of hydrogen-bond donors (Lipinski definition) is 0. The molecule has 2 heteroatoms. The predicted octanol–water partition coefficient (Wildman–Crippen LogP) is 3.22. The number of fused-ring (bicyclic) bond motifs is 1. The molecule has 17 heavy (non-hydrogen) atoms. The third-order valence-corrected chi connectivity index (χ3v) is 2.83. The molecule has 0 aliphatic carbocycles. The first-order chi connectivity index (χ1) is 8.42. The van der Waals surface area contributed by atoms with Crippen LogP contribution in [0.5, 0.6) is 0 Å². The van der Waals surface area contributed by atoms with Crippen LogP contribution in [0.25, 0.3) is 10.9 Å². The van der Waals surface area contributed by atoms with Gasteiger partial charge in [0.25, 0.3) is 0 Å². The van der Waals surface area contributed by atoms with Crippen molar-refractivity contribution < 1.29 is 0 Å². The maximum Gasteiger partial charge on any atom is 0.0702 e. The molecule has 0 N–H and O–H groups in total. The summed E-state index contributed by atoms with van der Waals surface area (Å²) < 4.78 is 0. The van der Waals surface area contributed by atoms with Gasteiger partial charge in [-0.25, -0.2) is 0 Å². The molecule has 0 aliphatic rings. The molecule has 0 radical (unpaired) electrons. The van der Waals surface area contributed by atoms with E-state index in [2.05, 4.69) is 34.2 Å². The normalized spacial score (nSPS) is 10.6. The molecule has 0 saturated heterocycles. The molecule has 3 rings (SSSR count). The number of pyridine rings is 2. The highest BCUT2D eigenvalue weighted by Gasteiger charge is 1.98. The Kier molecular flexibility index (Phi) is 2.54. The number of hydrogen-bond acceptors (Lipinski definition) is 2. The minimum Gasteiger partial charge on any atom is -0.265 e. The topological polar surface area (TPSA) is 25.8 Å². The van der Waals surface area contributed by atoms with Crippen LogP contribution in [-0.4, -0.2) is 9.97 Å². The average molecular weight is 220 g/mol. The maximum absolute atomic E-state index is 4.32. The summed E-state index contributed by atoms with van der Waals surface area (Å²) in [4.78, 5) is 8.35. The van der Waals surface area contributed by atoms with Crippen LogP contribution in [0.1, 0.15) is 11.1 Å². The Balaban J connectivity index is 1.96. The first-order valence-corrected chi connectivity index (χ1v) is 5.64. The third kappa shape index (κ3) is 2.16. The lowest BCUT2D eigenvalue weighted by Crippen LogP contribution is -1.89. The minimum atomic E-state index is 0.938. The van der Waals surface area contributed by atoms with E-state index in [1.807, 2.05) is 36.8 Å². The summed E-state index contributed by atoms with van der Waals surface area (Å²) in [7, 11) is 0. The molecule has 2 heterocycles. The lowest BCUT2D eigenvalue weighted by Gasteiger charge is -2.03. The molecule has 82 valence electrons. The van der Waals surface area contributed by atoms with Gasteiger partial charge in [0.15, 0.2) is 0 Å². The van der Waals surface area contributed by atoms with Crippen LogP contribution in [0.4, 0.5) is 0 Å². The standard InChI is InChI=1S/C15H12N2/c1-2-14-11-13(3-4-15(14)17-7-1)10-12-5-8-16-9-6-12/h1-9,11H,10H2. The van der Waals surface area contributed by atoms with E-state index in [1.54, 1.807) is 0 Å². The highest BCUT2D eigenvalue weighted by Crippen LogP contribution is 2.15. The van der Waals surface area contributed by atoms with Gasteiger partial charge >= 0.3 is 0 Å². The second kappa shape index (κ2) is 4.34. The van der Waals surface area contributed by atoms with E-state index in [-0.39, 0.29) is 0 Å². The fourth-order valence-corrected chi connectivity index (χ4v) is 1.97. The lowest BCUT2D eigenvalue weighted by molar-refractivity contribution is 1.17. The molecular formula is C15H12N2. The van der Waals surface area contributed by atoms with Crippen molar-refractivity contribution in [2.45, 2.75) is 6.42 Å². The molecule has 0 atom stereocenters. The van der Waals surface area contributed by atoms with Crippen molar-refractivity contribution in [3.05, 3.63) is 72.2 Å². The number of aromatic nitrogens is 2. The Labute approximate surface area is 100.0 Å². The number of benzene rings is 1. The van der Waals surface area contributed by atoms with Crippen molar-refractivity contribution in [3.8, 4) is 0 Å². The molecular weight excluding hydrogens is 208 g/mol. The molecule has 0 amide bonds. The Hall–Kier alpha value is -2.22. The van der Waals surface area contributed by atoms with Gasteiger partial charge in [-0.2, -0.15) is 0 Å². The van der Waals surface area contributed by atoms with Gasteiger partial charge < -0.3 is 0 Å². The maximum atomic E-state index is 4.32. The van der Waals surface area contributed by atoms with E-state index in [4.69, 9.17) is 0 Å². The average Bonchev–Trinajstić information content (AvgIpc) is 2.40. The van der Waals surface area contributed by atoms with Crippen LogP contribution in [0, 0.1) is 0 Å². The summed E-state index contributed by atoms with van der Waals surface area (Å²) in [5, 5.41) is 1.19. The summed E-state index contributed by atoms with van der Waals surface area (Å²) in [5.41, 5.74) is 3.63. The molecule has 0 fully saturated rings. The van der Waals surface area contributed by atoms with Crippen molar-refractivity contribution in [1.29, 1.82) is 0 Å². The Morgan fingerprint density at radius 3 is 2.59 bits per heavy atom. The Morgan fingerprint density at radius 2 is 1.71 bits per heavy atom. The Bertz CT molecular complexity index is 633. The van der Waals surface area contributed by atoms with Gasteiger partial charge in [-0.15, -0.1) is 0 Å². The van der Waals surface area contributed by atoms with E-state index < -0.39 is 0 Å². The van der Waals surface area contributed by atoms with E-state index in [0.717, 1.165) is 11.9 Å². The van der Waals surface area contributed by atoms with Gasteiger partial charge in [-0.1, -0.05) is 12.1 Å². The van der Waals surface area contributed by atoms with E-state index in [9.17, 15) is 0 Å². The second-order valence-electron chi connectivity index (χ2n) is 4.06. The van der Waals surface area contributed by atoms with Gasteiger partial charge in [0, 0.05) is 24.0 Å². The molecule has 0 unspecified atom stereocenters. The second-order valence-corrected chi connectivity index (χ2v) is 4.06. The fourth-order valence-electron chi connectivity index (χ4n) is 1.97. The van der Waals surface area contributed by atoms with E-state index >= 15 is 0 Å². The fraction of sp³-hybridized carbons (Fsp3) is 0.0667. The third-order valence-electron chi connectivity index (χ3n) is 2.83. The van der Waals surface area contributed by atoms with Crippen LogP contribution in [0.2, 0.25) is 0 Å². The number of rotatable bonds is 2. The number of nitrogens with zero attached hydrogens (tertiary/aromatic N) is 2. The summed E-state index contributed by atoms with van der Waals surface area (Å²) in [6.07, 6.45) is 6.42. The lowest BCUT2D eigenvalue weighted by atomic mass is 10.0. The van der Waals surface area contributed by atoms with Crippen LogP contribution in [0.3, 0.4) is 0 Å². The van der Waals surface area contributed by atoms with E-state index in [1.165, 1.54) is 16.5 Å². The van der Waals surface area contributed by atoms with Gasteiger partial charge in [0.05, 0.1) is 5.52 Å². The van der Waals surface area contributed by atoms with Crippen molar-refractivity contribution >= 4 is 10.9 Å². The predicted molar refractivity (Wildman–Crippen MR) is 68.8 cm³/mol. The molecule has 0 aliphatic heterocycles. The van der Waals surface area contributed by atoms with Crippen molar-refractivity contribution in [3.63, 3.8) is 0 Å². The highest BCUT2D eigenvalue weighted by atomic mass is 14.6. The molecule has 1 aromatic carbocycles. The van der Waals surface area contributed by atoms with Crippen molar-refractivity contribution in [1.82, 2.24) is 9.97 Å². The molecule has 0 bridgehead atoms. The Morgan fingerprint density at radius 1 is 0.824 bits per heavy atom. The molecule has 0 spiro atoms. The summed E-state index contributed by atoms with van der Waals surface area (Å²) in [5.74, 6) is 0. The monoisotopic (exact) mass is 220 g/mol. The van der Waals surface area contributed by atoms with Crippen molar-refractivity contribution in [2.24, 2.45) is 0 Å². The largest absolute Gasteiger partial charge is 0.265 e. The zero-order valence-electron chi connectivity index (χ0n) is 9.38. The SMILES string of the molecule is c1cnc2ccc(Cc3ccncc3)cc2c1. The van der Waals surface area contributed by atoms with Crippen molar-refractivity contribution in [2.75, 3.05) is 0 Å². The molecule has 3 aromatic rings. The van der Waals surface area contributed by atoms with Gasteiger partial charge in [0.2, 0.25) is 0 Å². The quantitative estimate of drug-likeness (QED) is 0.662. The molecule has 0 saturated carbocycles. The molecule has 2 aromatic heterocycles.